The van der Waals surface area contributed by atoms with Crippen molar-refractivity contribution in [3.63, 3.8) is 0 Å². The lowest BCUT2D eigenvalue weighted by atomic mass is 9.73. The van der Waals surface area contributed by atoms with Crippen LogP contribution in [0.25, 0.3) is 0 Å². The van der Waals surface area contributed by atoms with Gasteiger partial charge in [0.15, 0.2) is 11.5 Å². The molecule has 13 nitrogen and oxygen atoms in total. The Bertz CT molecular complexity index is 1500. The highest BCUT2D eigenvalue weighted by Gasteiger charge is 2.40. The molecule has 1 saturated carbocycles. The summed E-state index contributed by atoms with van der Waals surface area (Å²) in [5.41, 5.74) is 7.43. The van der Waals surface area contributed by atoms with Gasteiger partial charge in [-0.25, -0.2) is 19.6 Å². The molecule has 0 unspecified atom stereocenters. The molecule has 4 fully saturated rings. The number of nitrogens with two attached hydrogens (primary N) is 1. The van der Waals surface area contributed by atoms with Crippen LogP contribution in [0.5, 0.6) is 0 Å². The van der Waals surface area contributed by atoms with Gasteiger partial charge in [-0.2, -0.15) is 0 Å². The van der Waals surface area contributed by atoms with Crippen molar-refractivity contribution in [3.8, 4) is 0 Å². The molecular formula is C35H51N9O4. The predicted octanol–water partition coefficient (Wildman–Crippen LogP) is 4.06. The first kappa shape index (κ1) is 33.8. The van der Waals surface area contributed by atoms with E-state index in [4.69, 9.17) is 15.5 Å². The minimum Gasteiger partial charge on any atom is -0.444 e. The van der Waals surface area contributed by atoms with E-state index in [-0.39, 0.29) is 35.3 Å². The minimum atomic E-state index is -0.645. The minimum absolute atomic E-state index is 0.0569. The number of nitrogens with zero attached hydrogens (tertiary/aromatic N) is 6. The van der Waals surface area contributed by atoms with Crippen molar-refractivity contribution in [2.45, 2.75) is 95.4 Å². The zero-order valence-corrected chi connectivity index (χ0v) is 29.0. The maximum atomic E-state index is 12.6. The molecule has 0 radical (unpaired) electrons. The van der Waals surface area contributed by atoms with Gasteiger partial charge in [0.1, 0.15) is 11.4 Å². The molecule has 4 heterocycles. The number of likely N-dealkylation sites (N-methyl/N-ethyl adjacent to an activating group) is 1. The highest BCUT2D eigenvalue weighted by Crippen LogP contribution is 2.39. The normalized spacial score (nSPS) is 24.6. The SMILES string of the molecule is CN1CCN([C@@H]2CCCN(c3cnc(C(N)=O)c(Nc4ccc(C5(C)CCN([C@H]6C[C@@H](NC(=O)OC(C)(C)C)C6)CC5)cc4)n3)C2)C1=O. The van der Waals surface area contributed by atoms with E-state index in [1.54, 1.807) is 11.1 Å². The largest absolute Gasteiger partial charge is 0.444 e. The monoisotopic (exact) mass is 661 g/mol. The van der Waals surface area contributed by atoms with Crippen LogP contribution in [0, 0.1) is 0 Å². The van der Waals surface area contributed by atoms with Crippen molar-refractivity contribution in [3.05, 3.63) is 41.7 Å². The molecule has 3 saturated heterocycles. The van der Waals surface area contributed by atoms with E-state index < -0.39 is 11.5 Å². The molecule has 0 bridgehead atoms. The number of aromatic nitrogens is 2. The van der Waals surface area contributed by atoms with E-state index in [1.807, 2.05) is 44.9 Å². The number of hydrogen-bond donors (Lipinski definition) is 3. The molecule has 4 N–H and O–H groups in total. The van der Waals surface area contributed by atoms with E-state index in [0.717, 1.165) is 76.9 Å². The molecule has 1 aromatic carbocycles. The van der Waals surface area contributed by atoms with Crippen molar-refractivity contribution in [2.75, 3.05) is 56.5 Å². The molecule has 4 amide bonds. The first-order valence-electron chi connectivity index (χ1n) is 17.3. The van der Waals surface area contributed by atoms with E-state index in [9.17, 15) is 14.4 Å². The Morgan fingerprint density at radius 2 is 1.73 bits per heavy atom. The molecule has 0 spiro atoms. The third-order valence-electron chi connectivity index (χ3n) is 10.5. The number of urea groups is 1. The van der Waals surface area contributed by atoms with Crippen LogP contribution >= 0.6 is 0 Å². The first-order valence-corrected chi connectivity index (χ1v) is 17.3. The van der Waals surface area contributed by atoms with Crippen LogP contribution in [-0.4, -0.2) is 113 Å². The third-order valence-corrected chi connectivity index (χ3v) is 10.5. The quantitative estimate of drug-likeness (QED) is 0.381. The number of nitrogens with one attached hydrogen (secondary N) is 2. The topological polar surface area (TPSA) is 149 Å². The summed E-state index contributed by atoms with van der Waals surface area (Å²) in [4.78, 5) is 54.7. The van der Waals surface area contributed by atoms with Gasteiger partial charge in [0.25, 0.3) is 5.91 Å². The van der Waals surface area contributed by atoms with Gasteiger partial charge >= 0.3 is 12.1 Å². The Balaban J connectivity index is 1.05. The number of carbonyl (C=O) groups excluding carboxylic acids is 3. The molecule has 4 aliphatic rings. The van der Waals surface area contributed by atoms with Crippen LogP contribution in [0.3, 0.4) is 0 Å². The second kappa shape index (κ2) is 13.4. The van der Waals surface area contributed by atoms with Crippen LogP contribution in [-0.2, 0) is 10.2 Å². The van der Waals surface area contributed by atoms with E-state index >= 15 is 0 Å². The number of carbonyl (C=O) groups is 3. The molecule has 3 aliphatic heterocycles. The molecule has 1 aromatic heterocycles. The van der Waals surface area contributed by atoms with E-state index in [0.29, 0.717) is 24.2 Å². The molecular weight excluding hydrogens is 610 g/mol. The maximum absolute atomic E-state index is 12.6. The van der Waals surface area contributed by atoms with E-state index in [2.05, 4.69) is 44.5 Å². The zero-order chi connectivity index (χ0) is 34.2. The first-order chi connectivity index (χ1) is 22.8. The number of rotatable bonds is 8. The van der Waals surface area contributed by atoms with Crippen LogP contribution in [0.2, 0.25) is 0 Å². The number of amides is 4. The highest BCUT2D eigenvalue weighted by molar-refractivity contribution is 5.96. The van der Waals surface area contributed by atoms with Crippen LogP contribution < -0.4 is 21.3 Å². The standard InChI is InChI=1S/C35H51N9O4/c1-34(2,3)48-32(46)39-25-19-27(20-25)42-15-12-35(4,13-16-42)23-8-10-24(11-9-23)38-31-29(30(36)45)37-21-28(40-31)43-14-6-7-26(22-43)44-18-17-41(5)33(44)47/h8-11,21,25-27H,6-7,12-20,22H2,1-5H3,(H2,36,45)(H,38,40)(H,39,46)/t25-,26-,27+/m1/s1. The van der Waals surface area contributed by atoms with Crippen LogP contribution in [0.1, 0.15) is 82.3 Å². The van der Waals surface area contributed by atoms with Gasteiger partial charge in [0.05, 0.1) is 12.2 Å². The molecule has 2 aromatic rings. The second-order valence-electron chi connectivity index (χ2n) is 15.2. The molecule has 260 valence electrons. The third kappa shape index (κ3) is 7.45. The molecule has 1 aliphatic carbocycles. The number of anilines is 3. The Morgan fingerprint density at radius 3 is 2.35 bits per heavy atom. The van der Waals surface area contributed by atoms with Crippen molar-refractivity contribution in [2.24, 2.45) is 5.73 Å². The number of primary amides is 1. The molecule has 6 rings (SSSR count). The molecule has 1 atom stereocenters. The van der Waals surface area contributed by atoms with Crippen LogP contribution in [0.4, 0.5) is 26.9 Å². The van der Waals surface area contributed by atoms with Crippen molar-refractivity contribution < 1.29 is 19.1 Å². The fraction of sp³-hybridized carbons (Fsp3) is 0.629. The summed E-state index contributed by atoms with van der Waals surface area (Å²) in [7, 11) is 1.84. The summed E-state index contributed by atoms with van der Waals surface area (Å²) in [6.07, 6.45) is 7.18. The summed E-state index contributed by atoms with van der Waals surface area (Å²) in [5.74, 6) is 0.334. The number of likely N-dealkylation sites (tertiary alicyclic amines) is 1. The summed E-state index contributed by atoms with van der Waals surface area (Å²) < 4.78 is 5.41. The second-order valence-corrected chi connectivity index (χ2v) is 15.2. The highest BCUT2D eigenvalue weighted by atomic mass is 16.6. The van der Waals surface area contributed by atoms with Gasteiger partial charge in [-0.1, -0.05) is 19.1 Å². The Labute approximate surface area is 283 Å². The van der Waals surface area contributed by atoms with Gasteiger partial charge in [0, 0.05) is 51.0 Å². The smallest absolute Gasteiger partial charge is 0.407 e. The number of piperidine rings is 2. The summed E-state index contributed by atoms with van der Waals surface area (Å²) in [5, 5.41) is 6.31. The van der Waals surface area contributed by atoms with Gasteiger partial charge < -0.3 is 40.7 Å². The molecule has 48 heavy (non-hydrogen) atoms. The van der Waals surface area contributed by atoms with Crippen LogP contribution in [0.15, 0.2) is 30.5 Å². The predicted molar refractivity (Wildman–Crippen MR) is 185 cm³/mol. The number of benzene rings is 1. The summed E-state index contributed by atoms with van der Waals surface area (Å²) in [6, 6.07) is 9.22. The van der Waals surface area contributed by atoms with Crippen molar-refractivity contribution >= 4 is 35.4 Å². The lowest BCUT2D eigenvalue weighted by molar-refractivity contribution is 0.0316. The lowest BCUT2D eigenvalue weighted by Crippen LogP contribution is -2.57. The molecule has 13 heteroatoms. The van der Waals surface area contributed by atoms with Gasteiger partial charge in [-0.3, -0.25) is 4.79 Å². The zero-order valence-electron chi connectivity index (χ0n) is 29.0. The lowest BCUT2D eigenvalue weighted by Gasteiger charge is -2.48. The average Bonchev–Trinajstić information content (AvgIpc) is 3.36. The Hall–Kier alpha value is -4.13. The van der Waals surface area contributed by atoms with Gasteiger partial charge in [-0.15, -0.1) is 0 Å². The Kier molecular flexibility index (Phi) is 9.43. The van der Waals surface area contributed by atoms with Gasteiger partial charge in [0.2, 0.25) is 0 Å². The van der Waals surface area contributed by atoms with Crippen molar-refractivity contribution in [1.82, 2.24) is 30.0 Å². The fourth-order valence-electron chi connectivity index (χ4n) is 7.47. The maximum Gasteiger partial charge on any atom is 0.407 e. The van der Waals surface area contributed by atoms with Gasteiger partial charge in [-0.05, 0) is 95.5 Å². The fourth-order valence-corrected chi connectivity index (χ4v) is 7.47. The Morgan fingerprint density at radius 1 is 1.02 bits per heavy atom. The number of hydrogen-bond acceptors (Lipinski definition) is 9. The number of alkyl carbamates (subject to hydrolysis) is 1. The summed E-state index contributed by atoms with van der Waals surface area (Å²) >= 11 is 0. The number of ether oxygens (including phenoxy) is 1. The van der Waals surface area contributed by atoms with Crippen molar-refractivity contribution in [1.29, 1.82) is 0 Å². The van der Waals surface area contributed by atoms with E-state index in [1.165, 1.54) is 5.56 Å². The summed E-state index contributed by atoms with van der Waals surface area (Å²) in [6.45, 7) is 12.9. The average molecular weight is 662 g/mol.